The molecule has 3 rings (SSSR count). The Morgan fingerprint density at radius 2 is 1.76 bits per heavy atom. The fourth-order valence-corrected chi connectivity index (χ4v) is 3.02. The lowest BCUT2D eigenvalue weighted by Gasteiger charge is -2.13. The number of aliphatic imine (C=N–C) groups is 1. The highest BCUT2D eigenvalue weighted by atomic mass is 19.1. The van der Waals surface area contributed by atoms with E-state index in [4.69, 9.17) is 0 Å². The minimum Gasteiger partial charge on any atom is -0.357 e. The van der Waals surface area contributed by atoms with E-state index in [1.807, 2.05) is 42.1 Å². The number of rotatable bonds is 8. The predicted octanol–water partition coefficient (Wildman–Crippen LogP) is 3.51. The number of hydrogen-bond donors (Lipinski definition) is 2. The second kappa shape index (κ2) is 10.4. The van der Waals surface area contributed by atoms with Crippen LogP contribution in [0.2, 0.25) is 0 Å². The van der Waals surface area contributed by atoms with Crippen LogP contribution in [0.1, 0.15) is 23.6 Å². The van der Waals surface area contributed by atoms with E-state index in [9.17, 15) is 8.78 Å². The molecule has 5 nitrogen and oxygen atoms in total. The van der Waals surface area contributed by atoms with Gasteiger partial charge in [-0.25, -0.2) is 13.8 Å². The van der Waals surface area contributed by atoms with Crippen molar-refractivity contribution in [3.63, 3.8) is 0 Å². The number of aromatic nitrogens is 2. The van der Waals surface area contributed by atoms with E-state index in [2.05, 4.69) is 26.8 Å². The molecule has 0 aliphatic rings. The van der Waals surface area contributed by atoms with E-state index in [0.717, 1.165) is 11.1 Å². The van der Waals surface area contributed by atoms with E-state index in [0.29, 0.717) is 32.1 Å². The van der Waals surface area contributed by atoms with Crippen LogP contribution in [-0.2, 0) is 19.5 Å². The van der Waals surface area contributed by atoms with Gasteiger partial charge in [0.2, 0.25) is 0 Å². The molecule has 0 saturated carbocycles. The SMILES string of the molecule is CCNC(=NCc1ccccc1Cn1cccn1)NCCc1c(F)cccc1F. The van der Waals surface area contributed by atoms with E-state index >= 15 is 0 Å². The summed E-state index contributed by atoms with van der Waals surface area (Å²) in [5.74, 6) is -0.444. The van der Waals surface area contributed by atoms with E-state index < -0.39 is 11.6 Å². The van der Waals surface area contributed by atoms with Crippen LogP contribution < -0.4 is 10.6 Å². The Morgan fingerprint density at radius 1 is 1.00 bits per heavy atom. The monoisotopic (exact) mass is 397 g/mol. The highest BCUT2D eigenvalue weighted by Crippen LogP contribution is 2.13. The van der Waals surface area contributed by atoms with Crippen LogP contribution in [0.5, 0.6) is 0 Å². The fourth-order valence-electron chi connectivity index (χ4n) is 3.02. The quantitative estimate of drug-likeness (QED) is 0.452. The van der Waals surface area contributed by atoms with Gasteiger partial charge in [0.25, 0.3) is 0 Å². The zero-order valence-electron chi connectivity index (χ0n) is 16.4. The van der Waals surface area contributed by atoms with Crippen molar-refractivity contribution in [3.05, 3.63) is 89.2 Å². The molecule has 3 aromatic rings. The molecule has 0 unspecified atom stereocenters. The highest BCUT2D eigenvalue weighted by molar-refractivity contribution is 5.79. The van der Waals surface area contributed by atoms with Crippen molar-refractivity contribution in [1.29, 1.82) is 0 Å². The van der Waals surface area contributed by atoms with Crippen LogP contribution >= 0.6 is 0 Å². The molecule has 7 heteroatoms. The van der Waals surface area contributed by atoms with Gasteiger partial charge in [0.1, 0.15) is 11.6 Å². The van der Waals surface area contributed by atoms with Crippen LogP contribution in [0.3, 0.4) is 0 Å². The van der Waals surface area contributed by atoms with Gasteiger partial charge < -0.3 is 10.6 Å². The van der Waals surface area contributed by atoms with Crippen molar-refractivity contribution in [2.75, 3.05) is 13.1 Å². The van der Waals surface area contributed by atoms with Gasteiger partial charge in [0.05, 0.1) is 13.1 Å². The molecule has 152 valence electrons. The van der Waals surface area contributed by atoms with Gasteiger partial charge in [-0.05, 0) is 42.7 Å². The van der Waals surface area contributed by atoms with Crippen LogP contribution in [0.15, 0.2) is 65.9 Å². The number of guanidine groups is 1. The number of nitrogens with zero attached hydrogens (tertiary/aromatic N) is 3. The number of hydrogen-bond acceptors (Lipinski definition) is 2. The number of nitrogens with one attached hydrogen (secondary N) is 2. The van der Waals surface area contributed by atoms with Gasteiger partial charge in [0, 0.05) is 31.0 Å². The minimum atomic E-state index is -0.527. The summed E-state index contributed by atoms with van der Waals surface area (Å²) in [5, 5.41) is 10.6. The lowest BCUT2D eigenvalue weighted by Crippen LogP contribution is -2.38. The van der Waals surface area contributed by atoms with Crippen molar-refractivity contribution >= 4 is 5.96 Å². The molecule has 1 aromatic heterocycles. The molecule has 0 spiro atoms. The Balaban J connectivity index is 1.64. The smallest absolute Gasteiger partial charge is 0.191 e. The van der Waals surface area contributed by atoms with Crippen molar-refractivity contribution in [2.24, 2.45) is 4.99 Å². The summed E-state index contributed by atoms with van der Waals surface area (Å²) in [6.45, 7) is 4.20. The van der Waals surface area contributed by atoms with Gasteiger partial charge in [-0.2, -0.15) is 5.10 Å². The summed E-state index contributed by atoms with van der Waals surface area (Å²) in [7, 11) is 0. The molecule has 0 radical (unpaired) electrons. The molecule has 29 heavy (non-hydrogen) atoms. The zero-order chi connectivity index (χ0) is 20.5. The van der Waals surface area contributed by atoms with Crippen LogP contribution in [-0.4, -0.2) is 28.8 Å². The highest BCUT2D eigenvalue weighted by Gasteiger charge is 2.08. The first-order valence-corrected chi connectivity index (χ1v) is 9.66. The van der Waals surface area contributed by atoms with Gasteiger partial charge in [-0.3, -0.25) is 4.68 Å². The number of halogens is 2. The van der Waals surface area contributed by atoms with Crippen LogP contribution in [0, 0.1) is 11.6 Å². The summed E-state index contributed by atoms with van der Waals surface area (Å²) in [5.41, 5.74) is 2.32. The summed E-state index contributed by atoms with van der Waals surface area (Å²) >= 11 is 0. The third-order valence-corrected chi connectivity index (χ3v) is 4.49. The molecular weight excluding hydrogens is 372 g/mol. The van der Waals surface area contributed by atoms with Crippen LogP contribution in [0.4, 0.5) is 8.78 Å². The van der Waals surface area contributed by atoms with E-state index in [1.165, 1.54) is 18.2 Å². The molecule has 1 heterocycles. The topological polar surface area (TPSA) is 54.2 Å². The Morgan fingerprint density at radius 3 is 2.45 bits per heavy atom. The first-order chi connectivity index (χ1) is 14.2. The van der Waals surface area contributed by atoms with Crippen molar-refractivity contribution in [1.82, 2.24) is 20.4 Å². The summed E-state index contributed by atoms with van der Waals surface area (Å²) in [4.78, 5) is 4.63. The molecule has 0 aliphatic heterocycles. The second-order valence-electron chi connectivity index (χ2n) is 6.54. The maximum atomic E-state index is 13.8. The summed E-state index contributed by atoms with van der Waals surface area (Å²) in [6.07, 6.45) is 3.92. The van der Waals surface area contributed by atoms with Crippen LogP contribution in [0.25, 0.3) is 0 Å². The predicted molar refractivity (Wildman–Crippen MR) is 111 cm³/mol. The van der Waals surface area contributed by atoms with E-state index in [-0.39, 0.29) is 12.0 Å². The second-order valence-corrected chi connectivity index (χ2v) is 6.54. The van der Waals surface area contributed by atoms with Crippen molar-refractivity contribution in [2.45, 2.75) is 26.4 Å². The largest absolute Gasteiger partial charge is 0.357 e. The average Bonchev–Trinajstić information content (AvgIpc) is 3.22. The normalized spacial score (nSPS) is 11.5. The van der Waals surface area contributed by atoms with Gasteiger partial charge in [-0.15, -0.1) is 0 Å². The molecule has 2 N–H and O–H groups in total. The molecular formula is C22H25F2N5. The van der Waals surface area contributed by atoms with E-state index in [1.54, 1.807) is 6.20 Å². The van der Waals surface area contributed by atoms with Crippen molar-refractivity contribution in [3.8, 4) is 0 Å². The molecule has 0 atom stereocenters. The lowest BCUT2D eigenvalue weighted by atomic mass is 10.1. The van der Waals surface area contributed by atoms with Crippen molar-refractivity contribution < 1.29 is 8.78 Å². The van der Waals surface area contributed by atoms with Gasteiger partial charge in [0.15, 0.2) is 5.96 Å². The Bertz CT molecular complexity index is 918. The minimum absolute atomic E-state index is 0.0837. The fraction of sp³-hybridized carbons (Fsp3) is 0.273. The maximum Gasteiger partial charge on any atom is 0.191 e. The molecule has 0 amide bonds. The standard InChI is InChI=1S/C22H25F2N5/c1-2-25-22(26-13-11-19-20(23)9-5-10-21(19)24)27-15-17-7-3-4-8-18(17)16-29-14-6-12-28-29/h3-10,12,14H,2,11,13,15-16H2,1H3,(H2,25,26,27). The van der Waals surface area contributed by atoms with Gasteiger partial charge >= 0.3 is 0 Å². The first kappa shape index (κ1) is 20.5. The molecule has 0 aliphatic carbocycles. The Hall–Kier alpha value is -3.22. The summed E-state index contributed by atoms with van der Waals surface area (Å²) in [6, 6.07) is 13.9. The Kier molecular flexibility index (Phi) is 7.33. The lowest BCUT2D eigenvalue weighted by molar-refractivity contribution is 0.553. The maximum absolute atomic E-state index is 13.8. The Labute approximate surface area is 169 Å². The third kappa shape index (κ3) is 5.88. The summed E-state index contributed by atoms with van der Waals surface area (Å²) < 4.78 is 29.4. The molecule has 2 aromatic carbocycles. The van der Waals surface area contributed by atoms with Gasteiger partial charge in [-0.1, -0.05) is 30.3 Å². The number of benzene rings is 2. The average molecular weight is 397 g/mol. The molecule has 0 fully saturated rings. The third-order valence-electron chi connectivity index (χ3n) is 4.49. The molecule has 0 bridgehead atoms. The zero-order valence-corrected chi connectivity index (χ0v) is 16.4. The molecule has 0 saturated heterocycles. The first-order valence-electron chi connectivity index (χ1n) is 9.66.